The third-order valence-corrected chi connectivity index (χ3v) is 3.03. The molecule has 0 aromatic carbocycles. The van der Waals surface area contributed by atoms with Crippen LogP contribution in [0.15, 0.2) is 11.8 Å². The molecule has 0 aliphatic carbocycles. The Kier molecular flexibility index (Phi) is 6.59. The van der Waals surface area contributed by atoms with E-state index in [1.54, 1.807) is 0 Å². The first-order valence-corrected chi connectivity index (χ1v) is 6.85. The zero-order chi connectivity index (χ0) is 13.5. The topological polar surface area (TPSA) is 43.4 Å². The van der Waals surface area contributed by atoms with Crippen LogP contribution in [0.2, 0.25) is 0 Å². The summed E-state index contributed by atoms with van der Waals surface area (Å²) in [5.74, 6) is -0.154. The molecule has 0 saturated carbocycles. The highest BCUT2D eigenvalue weighted by Gasteiger charge is 2.48. The Labute approximate surface area is 99.8 Å². The van der Waals surface area contributed by atoms with E-state index in [1.165, 1.54) is 13.0 Å². The van der Waals surface area contributed by atoms with Crippen molar-refractivity contribution < 1.29 is 25.8 Å². The van der Waals surface area contributed by atoms with Crippen molar-refractivity contribution in [3.05, 3.63) is 11.8 Å². The van der Waals surface area contributed by atoms with E-state index in [4.69, 9.17) is 0 Å². The van der Waals surface area contributed by atoms with Gasteiger partial charge in [-0.25, -0.2) is 0 Å². The highest BCUT2D eigenvalue weighted by molar-refractivity contribution is 7.87. The van der Waals surface area contributed by atoms with Crippen LogP contribution in [0.25, 0.3) is 0 Å². The second-order valence-corrected chi connectivity index (χ2v) is 5.04. The standard InChI is InChI=1S/C10H17F3O3S/c1-3-5-6-7-8-9(4-2)16-17(14,15)10(11,12)13/h8H,3-7H2,1-2H3. The van der Waals surface area contributed by atoms with Crippen LogP contribution in [0.1, 0.15) is 46.0 Å². The summed E-state index contributed by atoms with van der Waals surface area (Å²) in [7, 11) is -5.52. The lowest BCUT2D eigenvalue weighted by atomic mass is 10.2. The Morgan fingerprint density at radius 3 is 2.24 bits per heavy atom. The number of unbranched alkanes of at least 4 members (excludes halogenated alkanes) is 3. The minimum absolute atomic E-state index is 0.113. The van der Waals surface area contributed by atoms with Crippen LogP contribution < -0.4 is 0 Å². The lowest BCUT2D eigenvalue weighted by molar-refractivity contribution is -0.0523. The zero-order valence-electron chi connectivity index (χ0n) is 9.88. The molecule has 0 rings (SSSR count). The summed E-state index contributed by atoms with van der Waals surface area (Å²) in [5.41, 5.74) is -5.37. The summed E-state index contributed by atoms with van der Waals surface area (Å²) >= 11 is 0. The molecule has 0 atom stereocenters. The van der Waals surface area contributed by atoms with Crippen molar-refractivity contribution in [3.63, 3.8) is 0 Å². The Morgan fingerprint density at radius 1 is 1.24 bits per heavy atom. The zero-order valence-corrected chi connectivity index (χ0v) is 10.7. The lowest BCUT2D eigenvalue weighted by Gasteiger charge is -2.11. The smallest absolute Gasteiger partial charge is 0.381 e. The Balaban J connectivity index is 4.51. The van der Waals surface area contributed by atoms with E-state index in [0.29, 0.717) is 6.42 Å². The van der Waals surface area contributed by atoms with E-state index in [0.717, 1.165) is 19.3 Å². The van der Waals surface area contributed by atoms with Crippen molar-refractivity contribution in [2.45, 2.75) is 51.5 Å². The first-order chi connectivity index (χ1) is 7.74. The van der Waals surface area contributed by atoms with E-state index in [9.17, 15) is 21.6 Å². The summed E-state index contributed by atoms with van der Waals surface area (Å²) in [6.07, 6.45) is 4.76. The van der Waals surface area contributed by atoms with Gasteiger partial charge in [-0.2, -0.15) is 21.6 Å². The average molecular weight is 274 g/mol. The predicted octanol–water partition coefficient (Wildman–Crippen LogP) is 3.73. The van der Waals surface area contributed by atoms with Crippen LogP contribution in [-0.2, 0) is 14.3 Å². The Morgan fingerprint density at radius 2 is 1.82 bits per heavy atom. The molecule has 0 saturated heterocycles. The number of halogens is 3. The van der Waals surface area contributed by atoms with Gasteiger partial charge in [0.2, 0.25) is 0 Å². The molecule has 0 aromatic heterocycles. The van der Waals surface area contributed by atoms with E-state index < -0.39 is 15.6 Å². The molecule has 0 radical (unpaired) electrons. The molecule has 0 unspecified atom stereocenters. The predicted molar refractivity (Wildman–Crippen MR) is 58.6 cm³/mol. The van der Waals surface area contributed by atoms with Crippen LogP contribution in [0.5, 0.6) is 0 Å². The minimum Gasteiger partial charge on any atom is -0.381 e. The van der Waals surface area contributed by atoms with E-state index in [1.807, 2.05) is 6.92 Å². The lowest BCUT2D eigenvalue weighted by Crippen LogP contribution is -2.25. The quantitative estimate of drug-likeness (QED) is 0.307. The Bertz CT molecular complexity index is 344. The highest BCUT2D eigenvalue weighted by atomic mass is 32.2. The number of alkyl halides is 3. The van der Waals surface area contributed by atoms with Gasteiger partial charge < -0.3 is 4.18 Å². The first-order valence-electron chi connectivity index (χ1n) is 5.44. The maximum atomic E-state index is 12.0. The molecule has 0 spiro atoms. The second-order valence-electron chi connectivity index (χ2n) is 3.50. The molecule has 0 bridgehead atoms. The van der Waals surface area contributed by atoms with Gasteiger partial charge in [-0.15, -0.1) is 0 Å². The van der Waals surface area contributed by atoms with E-state index >= 15 is 0 Å². The van der Waals surface area contributed by atoms with Gasteiger partial charge in [-0.3, -0.25) is 0 Å². The van der Waals surface area contributed by atoms with Gasteiger partial charge in [0.05, 0.1) is 0 Å². The number of allylic oxidation sites excluding steroid dienone is 2. The molecule has 0 N–H and O–H groups in total. The summed E-state index contributed by atoms with van der Waals surface area (Å²) in [4.78, 5) is 0. The molecule has 0 aliphatic heterocycles. The van der Waals surface area contributed by atoms with E-state index in [-0.39, 0.29) is 12.2 Å². The van der Waals surface area contributed by atoms with Gasteiger partial charge in [0.25, 0.3) is 0 Å². The molecular weight excluding hydrogens is 257 g/mol. The van der Waals surface area contributed by atoms with Crippen molar-refractivity contribution in [1.82, 2.24) is 0 Å². The second kappa shape index (κ2) is 6.88. The van der Waals surface area contributed by atoms with Gasteiger partial charge in [0.15, 0.2) is 0 Å². The molecular formula is C10H17F3O3S. The maximum absolute atomic E-state index is 12.0. The monoisotopic (exact) mass is 274 g/mol. The number of rotatable bonds is 7. The molecule has 3 nitrogen and oxygen atoms in total. The van der Waals surface area contributed by atoms with Crippen LogP contribution in [0.4, 0.5) is 13.2 Å². The van der Waals surface area contributed by atoms with Gasteiger partial charge in [0, 0.05) is 6.42 Å². The van der Waals surface area contributed by atoms with Gasteiger partial charge in [-0.05, 0) is 18.9 Å². The largest absolute Gasteiger partial charge is 0.534 e. The molecule has 0 aromatic rings. The SMILES string of the molecule is CCCCCC=C(CC)OS(=O)(=O)C(F)(F)F. The van der Waals surface area contributed by atoms with Gasteiger partial charge >= 0.3 is 15.6 Å². The Hall–Kier alpha value is -0.720. The molecule has 0 fully saturated rings. The fraction of sp³-hybridized carbons (Fsp3) is 0.800. The van der Waals surface area contributed by atoms with Crippen molar-refractivity contribution in [3.8, 4) is 0 Å². The molecule has 0 heterocycles. The van der Waals surface area contributed by atoms with Crippen molar-refractivity contribution in [2.24, 2.45) is 0 Å². The summed E-state index contributed by atoms with van der Waals surface area (Å²) in [5, 5.41) is 0. The van der Waals surface area contributed by atoms with Crippen LogP contribution in [0, 0.1) is 0 Å². The van der Waals surface area contributed by atoms with Crippen LogP contribution in [0.3, 0.4) is 0 Å². The number of hydrogen-bond donors (Lipinski definition) is 0. The molecule has 102 valence electrons. The fourth-order valence-electron chi connectivity index (χ4n) is 1.08. The summed E-state index contributed by atoms with van der Waals surface area (Å²) in [6, 6.07) is 0. The third-order valence-electron chi connectivity index (χ3n) is 2.03. The van der Waals surface area contributed by atoms with Crippen molar-refractivity contribution in [2.75, 3.05) is 0 Å². The molecule has 7 heteroatoms. The summed E-state index contributed by atoms with van der Waals surface area (Å²) in [6.45, 7) is 3.53. The van der Waals surface area contributed by atoms with Crippen molar-refractivity contribution >= 4 is 10.1 Å². The van der Waals surface area contributed by atoms with Crippen LogP contribution in [-0.4, -0.2) is 13.9 Å². The van der Waals surface area contributed by atoms with Gasteiger partial charge in [-0.1, -0.05) is 26.7 Å². The summed E-state index contributed by atoms with van der Waals surface area (Å²) < 4.78 is 61.6. The van der Waals surface area contributed by atoms with E-state index in [2.05, 4.69) is 4.18 Å². The molecule has 0 amide bonds. The minimum atomic E-state index is -5.52. The third kappa shape index (κ3) is 5.95. The number of hydrogen-bond acceptors (Lipinski definition) is 3. The molecule has 17 heavy (non-hydrogen) atoms. The van der Waals surface area contributed by atoms with Crippen LogP contribution >= 0.6 is 0 Å². The van der Waals surface area contributed by atoms with Crippen molar-refractivity contribution in [1.29, 1.82) is 0 Å². The molecule has 0 aliphatic rings. The average Bonchev–Trinajstić information content (AvgIpc) is 2.20. The first kappa shape index (κ1) is 16.3. The fourth-order valence-corrected chi connectivity index (χ4v) is 1.65. The normalized spacial score (nSPS) is 13.8. The van der Waals surface area contributed by atoms with Gasteiger partial charge in [0.1, 0.15) is 5.76 Å². The highest BCUT2D eigenvalue weighted by Crippen LogP contribution is 2.27. The maximum Gasteiger partial charge on any atom is 0.534 e.